The van der Waals surface area contributed by atoms with Gasteiger partial charge in [0, 0.05) is 5.41 Å². The van der Waals surface area contributed by atoms with Crippen molar-refractivity contribution in [3.05, 3.63) is 0 Å². The zero-order valence-corrected chi connectivity index (χ0v) is 6.33. The van der Waals surface area contributed by atoms with Gasteiger partial charge < -0.3 is 0 Å². The van der Waals surface area contributed by atoms with E-state index >= 15 is 0 Å². The van der Waals surface area contributed by atoms with Crippen molar-refractivity contribution in [2.75, 3.05) is 5.75 Å². The predicted octanol–water partition coefficient (Wildman–Crippen LogP) is 1.68. The van der Waals surface area contributed by atoms with Crippen molar-refractivity contribution < 1.29 is 4.79 Å². The fourth-order valence-corrected chi connectivity index (χ4v) is 2.19. The second-order valence-electron chi connectivity index (χ2n) is 2.98. The molecule has 2 aliphatic carbocycles. The molecular formula is C7H10OS. The van der Waals surface area contributed by atoms with Gasteiger partial charge in [-0.2, -0.15) is 0 Å². The van der Waals surface area contributed by atoms with Gasteiger partial charge in [0.1, 0.15) is 0 Å². The van der Waals surface area contributed by atoms with E-state index in [1.807, 2.05) is 6.92 Å². The van der Waals surface area contributed by atoms with Crippen molar-refractivity contribution in [3.8, 4) is 0 Å². The SMILES string of the molecule is CCSC(=O)C12CC1C2. The minimum atomic E-state index is 0.251. The van der Waals surface area contributed by atoms with Crippen molar-refractivity contribution in [1.29, 1.82) is 0 Å². The largest absolute Gasteiger partial charge is 0.287 e. The van der Waals surface area contributed by atoms with E-state index in [1.165, 1.54) is 24.6 Å². The van der Waals surface area contributed by atoms with E-state index in [4.69, 9.17) is 0 Å². The number of carbonyl (C=O) groups excluding carboxylic acids is 1. The molecule has 0 spiro atoms. The van der Waals surface area contributed by atoms with E-state index < -0.39 is 0 Å². The van der Waals surface area contributed by atoms with Crippen LogP contribution in [0.4, 0.5) is 0 Å². The molecule has 0 bridgehead atoms. The summed E-state index contributed by atoms with van der Waals surface area (Å²) in [6.45, 7) is 2.04. The molecule has 0 heterocycles. The summed E-state index contributed by atoms with van der Waals surface area (Å²) in [4.78, 5) is 11.1. The molecule has 0 unspecified atom stereocenters. The first-order valence-electron chi connectivity index (χ1n) is 3.47. The number of hydrogen-bond acceptors (Lipinski definition) is 2. The lowest BCUT2D eigenvalue weighted by Gasteiger charge is -1.97. The Hall–Kier alpha value is 0.0200. The van der Waals surface area contributed by atoms with Crippen molar-refractivity contribution in [1.82, 2.24) is 0 Å². The summed E-state index contributed by atoms with van der Waals surface area (Å²) in [6, 6.07) is 0. The number of carbonyl (C=O) groups is 1. The van der Waals surface area contributed by atoms with Gasteiger partial charge in [-0.05, 0) is 24.5 Å². The average molecular weight is 142 g/mol. The van der Waals surface area contributed by atoms with Gasteiger partial charge in [-0.1, -0.05) is 18.7 Å². The Labute approximate surface area is 59.2 Å². The Bertz CT molecular complexity index is 158. The molecule has 2 heteroatoms. The molecule has 2 fully saturated rings. The topological polar surface area (TPSA) is 17.1 Å². The van der Waals surface area contributed by atoms with Gasteiger partial charge in [-0.15, -0.1) is 0 Å². The van der Waals surface area contributed by atoms with Crippen LogP contribution < -0.4 is 0 Å². The van der Waals surface area contributed by atoms with Crippen LogP contribution in [-0.2, 0) is 4.79 Å². The molecule has 2 aliphatic rings. The second kappa shape index (κ2) is 1.54. The Morgan fingerprint density at radius 2 is 2.33 bits per heavy atom. The van der Waals surface area contributed by atoms with Crippen LogP contribution in [0.2, 0.25) is 0 Å². The molecule has 0 radical (unpaired) electrons. The lowest BCUT2D eigenvalue weighted by molar-refractivity contribution is -0.113. The van der Waals surface area contributed by atoms with Crippen LogP contribution in [0.3, 0.4) is 0 Å². The fourth-order valence-electron chi connectivity index (χ4n) is 1.31. The molecule has 0 aromatic heterocycles. The van der Waals surface area contributed by atoms with Crippen LogP contribution in [0.5, 0.6) is 0 Å². The van der Waals surface area contributed by atoms with Crippen LogP contribution in [0, 0.1) is 11.3 Å². The molecule has 50 valence electrons. The van der Waals surface area contributed by atoms with Gasteiger partial charge in [0.2, 0.25) is 0 Å². The maximum Gasteiger partial charge on any atom is 0.195 e. The molecule has 2 rings (SSSR count). The molecule has 2 saturated carbocycles. The molecule has 0 saturated heterocycles. The Kier molecular flexibility index (Phi) is 0.989. The number of rotatable bonds is 2. The molecule has 0 amide bonds. The Balaban J connectivity index is 1.91. The third-order valence-corrected chi connectivity index (χ3v) is 3.32. The monoisotopic (exact) mass is 142 g/mol. The van der Waals surface area contributed by atoms with Gasteiger partial charge in [0.25, 0.3) is 0 Å². The molecule has 0 aliphatic heterocycles. The van der Waals surface area contributed by atoms with E-state index in [9.17, 15) is 4.79 Å². The summed E-state index contributed by atoms with van der Waals surface area (Å²) in [6.07, 6.45) is 2.41. The van der Waals surface area contributed by atoms with Crippen LogP contribution in [0.25, 0.3) is 0 Å². The minimum Gasteiger partial charge on any atom is -0.287 e. The van der Waals surface area contributed by atoms with Crippen LogP contribution in [-0.4, -0.2) is 10.9 Å². The predicted molar refractivity (Wildman–Crippen MR) is 38.3 cm³/mol. The highest BCUT2D eigenvalue weighted by atomic mass is 32.2. The summed E-state index contributed by atoms with van der Waals surface area (Å²) in [5.41, 5.74) is 0.251. The van der Waals surface area contributed by atoms with E-state index in [2.05, 4.69) is 0 Å². The third kappa shape index (κ3) is 0.658. The maximum atomic E-state index is 11.1. The Morgan fingerprint density at radius 1 is 1.78 bits per heavy atom. The summed E-state index contributed by atoms with van der Waals surface area (Å²) in [5, 5.41) is 0.468. The van der Waals surface area contributed by atoms with Gasteiger partial charge in [0.15, 0.2) is 5.12 Å². The van der Waals surface area contributed by atoms with E-state index in [-0.39, 0.29) is 5.41 Å². The number of fused-ring (bicyclic) bond motifs is 1. The maximum absolute atomic E-state index is 11.1. The first-order valence-corrected chi connectivity index (χ1v) is 4.45. The van der Waals surface area contributed by atoms with E-state index in [1.54, 1.807) is 0 Å². The number of thioether (sulfide) groups is 1. The van der Waals surface area contributed by atoms with Crippen molar-refractivity contribution in [2.24, 2.45) is 11.3 Å². The molecule has 0 aromatic rings. The lowest BCUT2D eigenvalue weighted by atomic mass is 10.2. The van der Waals surface area contributed by atoms with Crippen LogP contribution >= 0.6 is 11.8 Å². The normalized spacial score (nSPS) is 43.9. The number of hydrogen-bond donors (Lipinski definition) is 0. The Morgan fingerprint density at radius 3 is 2.67 bits per heavy atom. The fraction of sp³-hybridized carbons (Fsp3) is 0.857. The summed E-state index contributed by atoms with van der Waals surface area (Å²) in [5.74, 6) is 1.77. The first-order chi connectivity index (χ1) is 4.29. The molecule has 0 aromatic carbocycles. The van der Waals surface area contributed by atoms with Crippen molar-refractivity contribution in [2.45, 2.75) is 19.8 Å². The molecular weight excluding hydrogens is 132 g/mol. The van der Waals surface area contributed by atoms with Crippen LogP contribution in [0.1, 0.15) is 19.8 Å². The highest BCUT2D eigenvalue weighted by Gasteiger charge is 2.74. The summed E-state index contributed by atoms with van der Waals surface area (Å²) >= 11 is 1.50. The zero-order valence-electron chi connectivity index (χ0n) is 5.52. The quantitative estimate of drug-likeness (QED) is 0.583. The smallest absolute Gasteiger partial charge is 0.195 e. The van der Waals surface area contributed by atoms with Crippen molar-refractivity contribution in [3.63, 3.8) is 0 Å². The van der Waals surface area contributed by atoms with Gasteiger partial charge >= 0.3 is 0 Å². The van der Waals surface area contributed by atoms with Gasteiger partial charge in [-0.25, -0.2) is 0 Å². The van der Waals surface area contributed by atoms with Gasteiger partial charge in [0.05, 0.1) is 0 Å². The van der Waals surface area contributed by atoms with Gasteiger partial charge in [-0.3, -0.25) is 4.79 Å². The zero-order chi connectivity index (χ0) is 6.48. The van der Waals surface area contributed by atoms with E-state index in [0.717, 1.165) is 11.7 Å². The minimum absolute atomic E-state index is 0.251. The highest BCUT2D eigenvalue weighted by molar-refractivity contribution is 8.13. The van der Waals surface area contributed by atoms with Crippen molar-refractivity contribution >= 4 is 16.9 Å². The van der Waals surface area contributed by atoms with E-state index in [0.29, 0.717) is 5.12 Å². The molecule has 9 heavy (non-hydrogen) atoms. The molecule has 1 nitrogen and oxygen atoms in total. The van der Waals surface area contributed by atoms with Crippen LogP contribution in [0.15, 0.2) is 0 Å². The average Bonchev–Trinajstić information content (AvgIpc) is 2.46. The molecule has 0 N–H and O–H groups in total. The third-order valence-electron chi connectivity index (χ3n) is 2.36. The lowest BCUT2D eigenvalue weighted by Crippen LogP contribution is -2.00. The standard InChI is InChI=1S/C7H10OS/c1-2-9-6(8)7-3-5(7)4-7/h5H,2-4H2,1H3. The second-order valence-corrected chi connectivity index (χ2v) is 4.22. The highest BCUT2D eigenvalue weighted by Crippen LogP contribution is 2.76. The first kappa shape index (κ1) is 5.78. The summed E-state index contributed by atoms with van der Waals surface area (Å²) in [7, 11) is 0. The molecule has 0 atom stereocenters. The summed E-state index contributed by atoms with van der Waals surface area (Å²) < 4.78 is 0.